The Kier molecular flexibility index (Phi) is 3.63. The summed E-state index contributed by atoms with van der Waals surface area (Å²) in [7, 11) is 2.04. The average molecular weight is 251 g/mol. The van der Waals surface area contributed by atoms with Gasteiger partial charge < -0.3 is 15.6 Å². The molecule has 1 aromatic rings. The lowest BCUT2D eigenvalue weighted by atomic mass is 10.2. The number of rotatable bonds is 4. The van der Waals surface area contributed by atoms with Gasteiger partial charge in [-0.15, -0.1) is 0 Å². The Balaban J connectivity index is 2.24. The van der Waals surface area contributed by atoms with Crippen LogP contribution < -0.4 is 16.6 Å². The molecule has 1 heterocycles. The van der Waals surface area contributed by atoms with Crippen LogP contribution in [0.15, 0.2) is 18.2 Å². The zero-order valence-electron chi connectivity index (χ0n) is 10.2. The molecule has 1 atom stereocenters. The van der Waals surface area contributed by atoms with E-state index >= 15 is 0 Å². The van der Waals surface area contributed by atoms with Gasteiger partial charge in [-0.05, 0) is 32.1 Å². The van der Waals surface area contributed by atoms with Crippen LogP contribution in [0.1, 0.15) is 6.42 Å². The fourth-order valence-corrected chi connectivity index (χ4v) is 2.25. The molecule has 0 aromatic heterocycles. The maximum atomic E-state index is 11.1. The quantitative estimate of drug-likeness (QED) is 0.419. The summed E-state index contributed by atoms with van der Waals surface area (Å²) in [5.74, 6) is 5.30. The zero-order valence-corrected chi connectivity index (χ0v) is 10.2. The number of nitrogen functional groups attached to an aromatic ring is 1. The van der Waals surface area contributed by atoms with Crippen LogP contribution in [0.2, 0.25) is 0 Å². The Hall–Kier alpha value is -1.86. The van der Waals surface area contributed by atoms with Gasteiger partial charge in [0, 0.05) is 12.6 Å². The van der Waals surface area contributed by atoms with Crippen LogP contribution in [0, 0.1) is 10.1 Å². The monoisotopic (exact) mass is 251 g/mol. The molecule has 0 spiro atoms. The summed E-state index contributed by atoms with van der Waals surface area (Å²) in [6.45, 7) is 1.89. The number of likely N-dealkylation sites (N-methyl/N-ethyl adjacent to an activating group) is 1. The summed E-state index contributed by atoms with van der Waals surface area (Å²) < 4.78 is 0. The molecule has 1 aliphatic heterocycles. The lowest BCUT2D eigenvalue weighted by Gasteiger charge is -2.15. The predicted octanol–water partition coefficient (Wildman–Crippen LogP) is 0.996. The SMILES string of the molecule is CN1CCC(Nc2cccc(NN)c2[N+](=O)[O-])C1. The smallest absolute Gasteiger partial charge is 0.316 e. The first-order valence-electron chi connectivity index (χ1n) is 5.81. The standard InChI is InChI=1S/C11H17N5O2/c1-15-6-5-8(7-15)13-9-3-2-4-10(14-12)11(9)16(17)18/h2-4,8,13-14H,5-7,12H2,1H3. The van der Waals surface area contributed by atoms with E-state index in [1.165, 1.54) is 0 Å². The number of hydrazine groups is 1. The molecule has 18 heavy (non-hydrogen) atoms. The van der Waals surface area contributed by atoms with Crippen molar-refractivity contribution in [3.05, 3.63) is 28.3 Å². The van der Waals surface area contributed by atoms with Gasteiger partial charge in [-0.1, -0.05) is 6.07 Å². The lowest BCUT2D eigenvalue weighted by molar-refractivity contribution is -0.383. The van der Waals surface area contributed by atoms with Crippen molar-refractivity contribution in [2.75, 3.05) is 30.9 Å². The average Bonchev–Trinajstić information content (AvgIpc) is 2.74. The third-order valence-corrected chi connectivity index (χ3v) is 3.13. The molecule has 0 radical (unpaired) electrons. The minimum Gasteiger partial charge on any atom is -0.375 e. The van der Waals surface area contributed by atoms with E-state index in [1.807, 2.05) is 7.05 Å². The van der Waals surface area contributed by atoms with Gasteiger partial charge in [0.15, 0.2) is 0 Å². The van der Waals surface area contributed by atoms with Crippen molar-refractivity contribution >= 4 is 17.1 Å². The number of nitrogens with zero attached hydrogens (tertiary/aromatic N) is 2. The van der Waals surface area contributed by atoms with Crippen molar-refractivity contribution in [2.24, 2.45) is 5.84 Å². The topological polar surface area (TPSA) is 96.5 Å². The van der Waals surface area contributed by atoms with Crippen molar-refractivity contribution in [3.63, 3.8) is 0 Å². The second kappa shape index (κ2) is 5.19. The van der Waals surface area contributed by atoms with Gasteiger partial charge in [0.2, 0.25) is 0 Å². The summed E-state index contributed by atoms with van der Waals surface area (Å²) >= 11 is 0. The van der Waals surface area contributed by atoms with Crippen LogP contribution in [0.25, 0.3) is 0 Å². The maximum Gasteiger partial charge on any atom is 0.316 e. The molecule has 1 fully saturated rings. The minimum atomic E-state index is -0.420. The molecule has 1 aliphatic rings. The number of anilines is 2. The molecule has 0 aliphatic carbocycles. The second-order valence-corrected chi connectivity index (χ2v) is 4.50. The van der Waals surface area contributed by atoms with E-state index in [-0.39, 0.29) is 11.7 Å². The molecule has 2 rings (SSSR count). The summed E-state index contributed by atoms with van der Waals surface area (Å²) in [6, 6.07) is 5.27. The third-order valence-electron chi connectivity index (χ3n) is 3.13. The zero-order chi connectivity index (χ0) is 13.1. The molecule has 0 saturated carbocycles. The molecule has 1 saturated heterocycles. The third kappa shape index (κ3) is 2.52. The van der Waals surface area contributed by atoms with Gasteiger partial charge >= 0.3 is 5.69 Å². The highest BCUT2D eigenvalue weighted by Gasteiger charge is 2.24. The Morgan fingerprint density at radius 3 is 2.78 bits per heavy atom. The van der Waals surface area contributed by atoms with Crippen molar-refractivity contribution in [2.45, 2.75) is 12.5 Å². The number of nitrogens with one attached hydrogen (secondary N) is 2. The van der Waals surface area contributed by atoms with Crippen LogP contribution >= 0.6 is 0 Å². The van der Waals surface area contributed by atoms with Gasteiger partial charge in [0.1, 0.15) is 11.4 Å². The molecule has 1 aromatic carbocycles. The normalized spacial score (nSPS) is 19.8. The first-order valence-corrected chi connectivity index (χ1v) is 5.81. The lowest BCUT2D eigenvalue weighted by Crippen LogP contribution is -2.24. The highest BCUT2D eigenvalue weighted by Crippen LogP contribution is 2.33. The van der Waals surface area contributed by atoms with Crippen LogP contribution in [-0.4, -0.2) is 36.0 Å². The van der Waals surface area contributed by atoms with E-state index in [4.69, 9.17) is 5.84 Å². The van der Waals surface area contributed by atoms with Crippen LogP contribution in [0.5, 0.6) is 0 Å². The number of likely N-dealkylation sites (tertiary alicyclic amines) is 1. The molecular weight excluding hydrogens is 234 g/mol. The molecule has 4 N–H and O–H groups in total. The van der Waals surface area contributed by atoms with Crippen molar-refractivity contribution in [1.82, 2.24) is 4.90 Å². The molecule has 1 unspecified atom stereocenters. The largest absolute Gasteiger partial charge is 0.375 e. The Morgan fingerprint density at radius 2 is 2.22 bits per heavy atom. The number of nitro benzene ring substituents is 1. The van der Waals surface area contributed by atoms with Gasteiger partial charge in [0.05, 0.1) is 4.92 Å². The molecule has 98 valence electrons. The maximum absolute atomic E-state index is 11.1. The summed E-state index contributed by atoms with van der Waals surface area (Å²) in [4.78, 5) is 12.9. The van der Waals surface area contributed by atoms with Crippen LogP contribution in [0.4, 0.5) is 17.1 Å². The summed E-state index contributed by atoms with van der Waals surface area (Å²) in [5.41, 5.74) is 3.18. The van der Waals surface area contributed by atoms with Crippen molar-refractivity contribution in [1.29, 1.82) is 0 Å². The molecule has 7 heteroatoms. The van der Waals surface area contributed by atoms with E-state index in [9.17, 15) is 10.1 Å². The van der Waals surface area contributed by atoms with Gasteiger partial charge in [-0.25, -0.2) is 0 Å². The highest BCUT2D eigenvalue weighted by atomic mass is 16.6. The highest BCUT2D eigenvalue weighted by molar-refractivity contribution is 5.76. The van der Waals surface area contributed by atoms with Crippen LogP contribution in [0.3, 0.4) is 0 Å². The minimum absolute atomic E-state index is 0.00504. The molecule has 7 nitrogen and oxygen atoms in total. The first-order chi connectivity index (χ1) is 8.61. The van der Waals surface area contributed by atoms with E-state index < -0.39 is 4.92 Å². The van der Waals surface area contributed by atoms with E-state index in [2.05, 4.69) is 15.6 Å². The van der Waals surface area contributed by atoms with E-state index in [0.717, 1.165) is 19.5 Å². The van der Waals surface area contributed by atoms with Gasteiger partial charge in [-0.2, -0.15) is 0 Å². The first kappa shape index (κ1) is 12.6. The van der Waals surface area contributed by atoms with Crippen LogP contribution in [-0.2, 0) is 0 Å². The molecular formula is C11H17N5O2. The Labute approximate surface area is 105 Å². The Morgan fingerprint density at radius 1 is 1.50 bits per heavy atom. The molecule has 0 amide bonds. The van der Waals surface area contributed by atoms with Gasteiger partial charge in [0.25, 0.3) is 0 Å². The summed E-state index contributed by atoms with van der Waals surface area (Å²) in [6.07, 6.45) is 0.980. The number of hydrogen-bond donors (Lipinski definition) is 3. The van der Waals surface area contributed by atoms with Gasteiger partial charge in [-0.3, -0.25) is 16.0 Å². The number of hydrogen-bond acceptors (Lipinski definition) is 6. The fraction of sp³-hybridized carbons (Fsp3) is 0.455. The number of nitrogens with two attached hydrogens (primary N) is 1. The number of nitro groups is 1. The van der Waals surface area contributed by atoms with E-state index in [1.54, 1.807) is 18.2 Å². The van der Waals surface area contributed by atoms with Crippen molar-refractivity contribution < 1.29 is 4.92 Å². The van der Waals surface area contributed by atoms with E-state index in [0.29, 0.717) is 11.4 Å². The fourth-order valence-electron chi connectivity index (χ4n) is 2.25. The number of benzene rings is 1. The number of para-hydroxylation sites is 1. The summed E-state index contributed by atoms with van der Waals surface area (Å²) in [5, 5.41) is 14.3. The molecule has 0 bridgehead atoms. The van der Waals surface area contributed by atoms with Crippen molar-refractivity contribution in [3.8, 4) is 0 Å². The second-order valence-electron chi connectivity index (χ2n) is 4.50. The Bertz CT molecular complexity index is 451. The predicted molar refractivity (Wildman–Crippen MR) is 70.4 cm³/mol.